The highest BCUT2D eigenvalue weighted by atomic mass is 19.1. The minimum atomic E-state index is -0.291. The van der Waals surface area contributed by atoms with Crippen LogP contribution in [0.3, 0.4) is 0 Å². The van der Waals surface area contributed by atoms with Crippen LogP contribution in [-0.2, 0) is 0 Å². The molecule has 0 aromatic heterocycles. The van der Waals surface area contributed by atoms with Gasteiger partial charge in [-0.15, -0.1) is 0 Å². The highest BCUT2D eigenvalue weighted by molar-refractivity contribution is 5.22. The number of hydrogen-bond donors (Lipinski definition) is 2. The Morgan fingerprint density at radius 1 is 1.44 bits per heavy atom. The quantitative estimate of drug-likeness (QED) is 0.701. The Morgan fingerprint density at radius 2 is 2.22 bits per heavy atom. The highest BCUT2D eigenvalue weighted by Gasteiger charge is 2.20. The molecule has 0 heterocycles. The smallest absolute Gasteiger partial charge is 0.126 e. The number of halogens is 1. The standard InChI is InChI=1S/C14H22FNO2/c1-3-16-14(2,11-17)8-5-9-18-13-7-4-6-12(15)10-13/h4,6-7,10,16-17H,3,5,8-9,11H2,1-2H3. The third kappa shape index (κ3) is 5.02. The first-order valence-electron chi connectivity index (χ1n) is 6.34. The van der Waals surface area contributed by atoms with E-state index in [0.717, 1.165) is 19.4 Å². The van der Waals surface area contributed by atoms with Gasteiger partial charge in [-0.1, -0.05) is 13.0 Å². The Hall–Kier alpha value is -1.13. The van der Waals surface area contributed by atoms with Crippen LogP contribution in [0.4, 0.5) is 4.39 Å². The summed E-state index contributed by atoms with van der Waals surface area (Å²) in [7, 11) is 0. The average molecular weight is 255 g/mol. The van der Waals surface area contributed by atoms with Gasteiger partial charge >= 0.3 is 0 Å². The summed E-state index contributed by atoms with van der Waals surface area (Å²) in [6.07, 6.45) is 1.62. The van der Waals surface area contributed by atoms with Crippen molar-refractivity contribution in [3.8, 4) is 5.75 Å². The Balaban J connectivity index is 2.30. The first-order valence-corrected chi connectivity index (χ1v) is 6.34. The van der Waals surface area contributed by atoms with Crippen LogP contribution in [0.1, 0.15) is 26.7 Å². The largest absolute Gasteiger partial charge is 0.493 e. The fraction of sp³-hybridized carbons (Fsp3) is 0.571. The molecule has 0 saturated heterocycles. The summed E-state index contributed by atoms with van der Waals surface area (Å²) in [5, 5.41) is 12.6. The lowest BCUT2D eigenvalue weighted by molar-refractivity contribution is 0.158. The molecule has 0 aliphatic carbocycles. The lowest BCUT2D eigenvalue weighted by Crippen LogP contribution is -2.45. The third-order valence-electron chi connectivity index (χ3n) is 2.89. The molecule has 4 heteroatoms. The Bertz CT molecular complexity index is 359. The van der Waals surface area contributed by atoms with Crippen molar-refractivity contribution in [1.29, 1.82) is 0 Å². The van der Waals surface area contributed by atoms with E-state index in [1.54, 1.807) is 12.1 Å². The van der Waals surface area contributed by atoms with Crippen LogP contribution in [0.5, 0.6) is 5.75 Å². The molecule has 0 aliphatic heterocycles. The average Bonchev–Trinajstić information content (AvgIpc) is 2.35. The van der Waals surface area contributed by atoms with Crippen LogP contribution in [0.15, 0.2) is 24.3 Å². The molecule has 102 valence electrons. The second kappa shape index (κ2) is 7.34. The normalized spacial score (nSPS) is 14.2. The zero-order chi connectivity index (χ0) is 13.4. The second-order valence-corrected chi connectivity index (χ2v) is 4.66. The van der Waals surface area contributed by atoms with E-state index in [4.69, 9.17) is 4.74 Å². The van der Waals surface area contributed by atoms with Crippen LogP contribution in [0.25, 0.3) is 0 Å². The predicted molar refractivity (Wildman–Crippen MR) is 70.3 cm³/mol. The lowest BCUT2D eigenvalue weighted by atomic mass is 9.97. The lowest BCUT2D eigenvalue weighted by Gasteiger charge is -2.28. The first kappa shape index (κ1) is 14.9. The number of benzene rings is 1. The van der Waals surface area contributed by atoms with E-state index in [-0.39, 0.29) is 18.0 Å². The Kier molecular flexibility index (Phi) is 6.09. The van der Waals surface area contributed by atoms with Crippen molar-refractivity contribution in [3.63, 3.8) is 0 Å². The molecular formula is C14H22FNO2. The van der Waals surface area contributed by atoms with E-state index in [0.29, 0.717) is 12.4 Å². The minimum Gasteiger partial charge on any atom is -0.493 e. The van der Waals surface area contributed by atoms with E-state index >= 15 is 0 Å². The highest BCUT2D eigenvalue weighted by Crippen LogP contribution is 2.15. The van der Waals surface area contributed by atoms with Gasteiger partial charge in [0, 0.05) is 11.6 Å². The summed E-state index contributed by atoms with van der Waals surface area (Å²) in [6.45, 7) is 5.43. The van der Waals surface area contributed by atoms with Crippen LogP contribution < -0.4 is 10.1 Å². The number of ether oxygens (including phenoxy) is 1. The van der Waals surface area contributed by atoms with Gasteiger partial charge in [-0.2, -0.15) is 0 Å². The van der Waals surface area contributed by atoms with Crippen molar-refractivity contribution in [1.82, 2.24) is 5.32 Å². The topological polar surface area (TPSA) is 41.5 Å². The van der Waals surface area contributed by atoms with E-state index in [2.05, 4.69) is 5.32 Å². The third-order valence-corrected chi connectivity index (χ3v) is 2.89. The zero-order valence-electron chi connectivity index (χ0n) is 11.1. The fourth-order valence-corrected chi connectivity index (χ4v) is 1.86. The molecule has 2 N–H and O–H groups in total. The zero-order valence-corrected chi connectivity index (χ0v) is 11.1. The SMILES string of the molecule is CCNC(C)(CO)CCCOc1cccc(F)c1. The van der Waals surface area contributed by atoms with Crippen molar-refractivity contribution >= 4 is 0 Å². The fourth-order valence-electron chi connectivity index (χ4n) is 1.86. The molecular weight excluding hydrogens is 233 g/mol. The van der Waals surface area contributed by atoms with Crippen molar-refractivity contribution in [2.45, 2.75) is 32.2 Å². The summed E-state index contributed by atoms with van der Waals surface area (Å²) in [5.41, 5.74) is -0.264. The number of hydrogen-bond acceptors (Lipinski definition) is 3. The molecule has 1 rings (SSSR count). The van der Waals surface area contributed by atoms with Gasteiger partial charge in [-0.05, 0) is 38.4 Å². The van der Waals surface area contributed by atoms with E-state index in [1.165, 1.54) is 12.1 Å². The Morgan fingerprint density at radius 3 is 2.83 bits per heavy atom. The van der Waals surface area contributed by atoms with Crippen molar-refractivity contribution in [2.24, 2.45) is 0 Å². The van der Waals surface area contributed by atoms with Gasteiger partial charge < -0.3 is 15.2 Å². The molecule has 0 aliphatic rings. The molecule has 1 aromatic rings. The maximum atomic E-state index is 12.9. The summed E-state index contributed by atoms with van der Waals surface area (Å²) < 4.78 is 18.4. The van der Waals surface area contributed by atoms with E-state index in [9.17, 15) is 9.50 Å². The summed E-state index contributed by atoms with van der Waals surface area (Å²) >= 11 is 0. The second-order valence-electron chi connectivity index (χ2n) is 4.66. The first-order chi connectivity index (χ1) is 8.59. The van der Waals surface area contributed by atoms with Gasteiger partial charge in [0.05, 0.1) is 13.2 Å². The molecule has 1 atom stereocenters. The molecule has 0 amide bonds. The molecule has 0 bridgehead atoms. The van der Waals surface area contributed by atoms with E-state index < -0.39 is 0 Å². The van der Waals surface area contributed by atoms with Gasteiger partial charge in [-0.25, -0.2) is 4.39 Å². The van der Waals surface area contributed by atoms with Gasteiger partial charge in [0.1, 0.15) is 11.6 Å². The maximum Gasteiger partial charge on any atom is 0.126 e. The van der Waals surface area contributed by atoms with Crippen LogP contribution in [0, 0.1) is 5.82 Å². The Labute approximate surface area is 108 Å². The predicted octanol–water partition coefficient (Wildman–Crippen LogP) is 2.35. The number of aliphatic hydroxyl groups excluding tert-OH is 1. The van der Waals surface area contributed by atoms with Gasteiger partial charge in [0.2, 0.25) is 0 Å². The van der Waals surface area contributed by atoms with E-state index in [1.807, 2.05) is 13.8 Å². The molecule has 0 fully saturated rings. The van der Waals surface area contributed by atoms with Gasteiger partial charge in [0.15, 0.2) is 0 Å². The molecule has 0 spiro atoms. The molecule has 0 saturated carbocycles. The van der Waals surface area contributed by atoms with Crippen LogP contribution in [-0.4, -0.2) is 30.4 Å². The molecule has 0 radical (unpaired) electrons. The number of likely N-dealkylation sites (N-methyl/N-ethyl adjacent to an activating group) is 1. The summed E-state index contributed by atoms with van der Waals surface area (Å²) in [6, 6.07) is 6.12. The summed E-state index contributed by atoms with van der Waals surface area (Å²) in [5.74, 6) is 0.254. The number of nitrogens with one attached hydrogen (secondary N) is 1. The van der Waals surface area contributed by atoms with Gasteiger partial charge in [0.25, 0.3) is 0 Å². The van der Waals surface area contributed by atoms with Crippen molar-refractivity contribution < 1.29 is 14.2 Å². The molecule has 1 unspecified atom stereocenters. The number of rotatable bonds is 8. The maximum absolute atomic E-state index is 12.9. The molecule has 1 aromatic carbocycles. The van der Waals surface area contributed by atoms with Crippen LogP contribution in [0.2, 0.25) is 0 Å². The van der Waals surface area contributed by atoms with Gasteiger partial charge in [-0.3, -0.25) is 0 Å². The molecule has 18 heavy (non-hydrogen) atoms. The minimum absolute atomic E-state index is 0.0980. The molecule has 3 nitrogen and oxygen atoms in total. The van der Waals surface area contributed by atoms with Crippen molar-refractivity contribution in [2.75, 3.05) is 19.8 Å². The number of aliphatic hydroxyl groups is 1. The summed E-state index contributed by atoms with van der Waals surface area (Å²) in [4.78, 5) is 0. The monoisotopic (exact) mass is 255 g/mol. The van der Waals surface area contributed by atoms with Crippen molar-refractivity contribution in [3.05, 3.63) is 30.1 Å². The van der Waals surface area contributed by atoms with Crippen LogP contribution >= 0.6 is 0 Å².